The minimum Gasteiger partial charge on any atom is -0.433 e. The van der Waals surface area contributed by atoms with E-state index in [0.29, 0.717) is 16.5 Å². The molecule has 2 aliphatic heterocycles. The lowest BCUT2D eigenvalue weighted by atomic mass is 9.87. The summed E-state index contributed by atoms with van der Waals surface area (Å²) in [6.07, 6.45) is 3.59. The van der Waals surface area contributed by atoms with Gasteiger partial charge in [-0.1, -0.05) is 72.1 Å². The van der Waals surface area contributed by atoms with E-state index in [4.69, 9.17) is 9.47 Å². The van der Waals surface area contributed by atoms with E-state index in [0.717, 1.165) is 46.2 Å². The van der Waals surface area contributed by atoms with Crippen molar-refractivity contribution >= 4 is 56.9 Å². The Morgan fingerprint density at radius 2 is 1.82 bits per heavy atom. The standard InChI is InChI=1S/C36H50N4O7S2/c1-9-11-15-24(10-2)23-48-28-19-18-25(35(3,4)5)22-27(28)38-32(41)30(40-33(42)36(6,7)47-34(40)43)31-37-26-16-12-13-17-29(26)49(44,45)39(31)20-14-21-46-8/h12-13,16-19,22,24,30H,9-11,14-15,20-21,23H2,1-8H3,(H,38,41). The van der Waals surface area contributed by atoms with Crippen molar-refractivity contribution in [3.05, 3.63) is 48.0 Å². The number of nitrogens with zero attached hydrogens (tertiary/aromatic N) is 3. The fraction of sp³-hybridized carbons (Fsp3) is 0.556. The van der Waals surface area contributed by atoms with Gasteiger partial charge in [0.15, 0.2) is 17.5 Å². The number of imide groups is 1. The maximum Gasteiger partial charge on any atom is 0.418 e. The van der Waals surface area contributed by atoms with Crippen LogP contribution in [0, 0.1) is 5.92 Å². The van der Waals surface area contributed by atoms with Crippen molar-refractivity contribution in [2.45, 2.75) is 107 Å². The highest BCUT2D eigenvalue weighted by Gasteiger charge is 2.55. The number of hydrogen-bond acceptors (Lipinski definition) is 9. The zero-order valence-corrected chi connectivity index (χ0v) is 31.5. The molecule has 0 aromatic heterocycles. The van der Waals surface area contributed by atoms with Crippen molar-refractivity contribution in [2.75, 3.05) is 31.3 Å². The van der Waals surface area contributed by atoms with Crippen LogP contribution in [0.15, 0.2) is 57.2 Å². The van der Waals surface area contributed by atoms with Gasteiger partial charge in [-0.15, -0.1) is 11.8 Å². The van der Waals surface area contributed by atoms with Crippen LogP contribution in [0.25, 0.3) is 0 Å². The van der Waals surface area contributed by atoms with Crippen LogP contribution in [0.4, 0.5) is 16.2 Å². The highest BCUT2D eigenvalue weighted by molar-refractivity contribution is 7.99. The van der Waals surface area contributed by atoms with Gasteiger partial charge in [-0.3, -0.25) is 13.9 Å². The molecule has 2 aliphatic rings. The van der Waals surface area contributed by atoms with Crippen molar-refractivity contribution in [3.63, 3.8) is 0 Å². The molecule has 0 aliphatic carbocycles. The number of para-hydroxylation sites is 1. The van der Waals surface area contributed by atoms with Gasteiger partial charge in [-0.25, -0.2) is 23.1 Å². The number of thioether (sulfide) groups is 1. The molecule has 49 heavy (non-hydrogen) atoms. The number of amides is 3. The summed E-state index contributed by atoms with van der Waals surface area (Å²) in [6.45, 7) is 13.5. The number of carbonyl (C=O) groups excluding carboxylic acids is 3. The highest BCUT2D eigenvalue weighted by Crippen LogP contribution is 2.38. The number of carbonyl (C=O) groups is 3. The van der Waals surface area contributed by atoms with E-state index in [1.54, 1.807) is 23.9 Å². The maximum absolute atomic E-state index is 14.7. The van der Waals surface area contributed by atoms with Gasteiger partial charge in [0.25, 0.3) is 21.8 Å². The number of cyclic esters (lactones) is 1. The van der Waals surface area contributed by atoms with E-state index in [1.807, 2.05) is 18.2 Å². The van der Waals surface area contributed by atoms with E-state index in [1.165, 1.54) is 33.1 Å². The number of anilines is 1. The Kier molecular flexibility index (Phi) is 12.3. The lowest BCUT2D eigenvalue weighted by molar-refractivity contribution is -0.137. The third kappa shape index (κ3) is 8.49. The molecule has 4 rings (SSSR count). The Hall–Kier alpha value is -3.42. The van der Waals surface area contributed by atoms with Gasteiger partial charge < -0.3 is 14.8 Å². The predicted molar refractivity (Wildman–Crippen MR) is 193 cm³/mol. The number of amidine groups is 1. The molecule has 2 aromatic rings. The number of aliphatic imine (C=N–C) groups is 1. The maximum atomic E-state index is 14.7. The molecule has 2 atom stereocenters. The first kappa shape index (κ1) is 38.4. The average molecular weight is 715 g/mol. The molecular formula is C36H50N4O7S2. The lowest BCUT2D eigenvalue weighted by Gasteiger charge is -2.35. The molecule has 2 unspecified atom stereocenters. The second kappa shape index (κ2) is 15.6. The topological polar surface area (TPSA) is 135 Å². The van der Waals surface area contributed by atoms with Crippen molar-refractivity contribution in [1.29, 1.82) is 0 Å². The Morgan fingerprint density at radius 3 is 2.43 bits per heavy atom. The Bertz CT molecular complexity index is 1680. The van der Waals surface area contributed by atoms with E-state index >= 15 is 0 Å². The minimum atomic E-state index is -4.25. The summed E-state index contributed by atoms with van der Waals surface area (Å²) in [5.74, 6) is -0.516. The SMILES string of the molecule is CCCCC(CC)CSc1ccc(C(C)(C)C)cc1NC(=O)C(C1=Nc2ccccc2S(=O)(=O)N1CCCOC)N1C(=O)OC(C)(C)C1=O. The lowest BCUT2D eigenvalue weighted by Crippen LogP contribution is -2.59. The largest absolute Gasteiger partial charge is 0.433 e. The molecule has 0 radical (unpaired) electrons. The molecule has 1 saturated heterocycles. The summed E-state index contributed by atoms with van der Waals surface area (Å²) in [5.41, 5.74) is -0.267. The molecule has 0 saturated carbocycles. The highest BCUT2D eigenvalue weighted by atomic mass is 32.2. The molecule has 268 valence electrons. The third-order valence-electron chi connectivity index (χ3n) is 8.78. The van der Waals surface area contributed by atoms with E-state index in [-0.39, 0.29) is 41.4 Å². The predicted octanol–water partition coefficient (Wildman–Crippen LogP) is 7.13. The van der Waals surface area contributed by atoms with Crippen LogP contribution in [-0.4, -0.2) is 79.0 Å². The van der Waals surface area contributed by atoms with E-state index in [9.17, 15) is 22.8 Å². The minimum absolute atomic E-state index is 0.0453. The van der Waals surface area contributed by atoms with Crippen LogP contribution < -0.4 is 5.32 Å². The molecule has 2 heterocycles. The first-order chi connectivity index (χ1) is 23.1. The Labute approximate surface area is 295 Å². The van der Waals surface area contributed by atoms with Gasteiger partial charge in [0.05, 0.1) is 11.4 Å². The van der Waals surface area contributed by atoms with Gasteiger partial charge in [-0.2, -0.15) is 0 Å². The second-order valence-corrected chi connectivity index (χ2v) is 16.9. The smallest absolute Gasteiger partial charge is 0.418 e. The van der Waals surface area contributed by atoms with Crippen LogP contribution >= 0.6 is 11.8 Å². The van der Waals surface area contributed by atoms with Crippen molar-refractivity contribution in [2.24, 2.45) is 10.9 Å². The normalized spacial score (nSPS) is 18.1. The number of unbranched alkanes of at least 4 members (excludes halogenated alkanes) is 1. The average Bonchev–Trinajstić information content (AvgIpc) is 3.24. The molecule has 1 N–H and O–H groups in total. The van der Waals surface area contributed by atoms with Crippen molar-refractivity contribution in [3.8, 4) is 0 Å². The molecule has 0 bridgehead atoms. The number of ether oxygens (including phenoxy) is 2. The molecule has 11 nitrogen and oxygen atoms in total. The van der Waals surface area contributed by atoms with Crippen LogP contribution in [0.3, 0.4) is 0 Å². The van der Waals surface area contributed by atoms with Crippen LogP contribution in [0.5, 0.6) is 0 Å². The fourth-order valence-corrected chi connectivity index (χ4v) is 8.63. The summed E-state index contributed by atoms with van der Waals surface area (Å²) in [4.78, 5) is 48.0. The number of benzene rings is 2. The number of rotatable bonds is 15. The summed E-state index contributed by atoms with van der Waals surface area (Å²) in [6, 6.07) is 10.3. The van der Waals surface area contributed by atoms with E-state index < -0.39 is 39.6 Å². The van der Waals surface area contributed by atoms with Crippen molar-refractivity contribution in [1.82, 2.24) is 9.21 Å². The van der Waals surface area contributed by atoms with Crippen LogP contribution in [0.2, 0.25) is 0 Å². The monoisotopic (exact) mass is 714 g/mol. The molecule has 13 heteroatoms. The number of methoxy groups -OCH3 is 1. The Balaban J connectivity index is 1.85. The number of hydrogen-bond donors (Lipinski definition) is 1. The van der Waals surface area contributed by atoms with Crippen molar-refractivity contribution < 1.29 is 32.3 Å². The molecular weight excluding hydrogens is 665 g/mol. The summed E-state index contributed by atoms with van der Waals surface area (Å²) < 4.78 is 39.8. The number of nitrogens with one attached hydrogen (secondary N) is 1. The molecule has 0 spiro atoms. The van der Waals surface area contributed by atoms with Gasteiger partial charge >= 0.3 is 6.09 Å². The van der Waals surface area contributed by atoms with Crippen LogP contribution in [-0.2, 0) is 34.5 Å². The summed E-state index contributed by atoms with van der Waals surface area (Å²) >= 11 is 1.64. The fourth-order valence-electron chi connectivity index (χ4n) is 5.76. The van der Waals surface area contributed by atoms with Gasteiger partial charge in [-0.05, 0) is 67.9 Å². The molecule has 2 aromatic carbocycles. The third-order valence-corrected chi connectivity index (χ3v) is 11.9. The van der Waals surface area contributed by atoms with Gasteiger partial charge in [0, 0.05) is 30.9 Å². The van der Waals surface area contributed by atoms with Gasteiger partial charge in [0.1, 0.15) is 4.90 Å². The summed E-state index contributed by atoms with van der Waals surface area (Å²) in [5, 5.41) is 3.00. The van der Waals surface area contributed by atoms with Crippen LogP contribution in [0.1, 0.15) is 86.1 Å². The number of sulfonamides is 1. The summed E-state index contributed by atoms with van der Waals surface area (Å²) in [7, 11) is -2.75. The zero-order valence-electron chi connectivity index (χ0n) is 29.9. The number of fused-ring (bicyclic) bond motifs is 1. The second-order valence-electron chi connectivity index (χ2n) is 14.0. The Morgan fingerprint density at radius 1 is 1.10 bits per heavy atom. The molecule has 1 fully saturated rings. The van der Waals surface area contributed by atoms with Gasteiger partial charge in [0.2, 0.25) is 0 Å². The quantitative estimate of drug-likeness (QED) is 0.152. The first-order valence-corrected chi connectivity index (χ1v) is 19.3. The van der Waals surface area contributed by atoms with E-state index in [2.05, 4.69) is 44.9 Å². The first-order valence-electron chi connectivity index (χ1n) is 16.9. The molecule has 3 amide bonds. The zero-order chi connectivity index (χ0) is 36.1.